The molecule has 10 heavy (non-hydrogen) atoms. The van der Waals surface area contributed by atoms with E-state index in [1.165, 1.54) is 0 Å². The minimum atomic E-state index is 0.852. The Morgan fingerprint density at radius 2 is 2.00 bits per heavy atom. The fourth-order valence-electron chi connectivity index (χ4n) is 0.368. The fraction of sp³-hybridized carbons (Fsp3) is 0.400. The topological polar surface area (TPSA) is 3.24 Å². The summed E-state index contributed by atoms with van der Waals surface area (Å²) in [5.41, 5.74) is 1.59. The number of hydrogen-bond acceptors (Lipinski definition) is 1. The van der Waals surface area contributed by atoms with E-state index < -0.39 is 0 Å². The van der Waals surface area contributed by atoms with Crippen molar-refractivity contribution < 1.29 is 0 Å². The Balaban J connectivity index is 4.29. The number of hydrogen-bond donors (Lipinski definition) is 0. The first-order valence-corrected chi connectivity index (χ1v) is 5.41. The highest BCUT2D eigenvalue weighted by Crippen LogP contribution is 2.25. The van der Waals surface area contributed by atoms with Crippen LogP contribution < -0.4 is 0 Å². The lowest BCUT2D eigenvalue weighted by Gasteiger charge is -2.15. The summed E-state index contributed by atoms with van der Waals surface area (Å²) in [6.45, 7) is 2.87. The van der Waals surface area contributed by atoms with Crippen molar-refractivity contribution in [3.63, 3.8) is 0 Å². The molecule has 0 aliphatic heterocycles. The monoisotopic (exact) mass is 349 g/mol. The standard InChI is InChI=1S/C5H6Br3NS/c1-2-9(3-10)5(8)4(6)7/h3H,2H2,1H3. The lowest BCUT2D eigenvalue weighted by Crippen LogP contribution is -2.16. The zero-order chi connectivity index (χ0) is 8.15. The smallest absolute Gasteiger partial charge is 0.107 e. The van der Waals surface area contributed by atoms with E-state index in [4.69, 9.17) is 12.2 Å². The average molecular weight is 352 g/mol. The maximum Gasteiger partial charge on any atom is 0.107 e. The minimum Gasteiger partial charge on any atom is -0.332 e. The highest BCUT2D eigenvalue weighted by Gasteiger charge is 2.02. The highest BCUT2D eigenvalue weighted by atomic mass is 79.9. The van der Waals surface area contributed by atoms with Crippen molar-refractivity contribution in [1.29, 1.82) is 0 Å². The van der Waals surface area contributed by atoms with Crippen LogP contribution in [-0.4, -0.2) is 16.9 Å². The Labute approximate surface area is 91.2 Å². The quantitative estimate of drug-likeness (QED) is 0.565. The first-order valence-electron chi connectivity index (χ1n) is 2.56. The van der Waals surface area contributed by atoms with E-state index in [1.807, 2.05) is 11.8 Å². The molecule has 0 spiro atoms. The molecule has 0 aromatic carbocycles. The summed E-state index contributed by atoms with van der Waals surface area (Å²) in [7, 11) is 0. The van der Waals surface area contributed by atoms with Crippen LogP contribution in [0.1, 0.15) is 6.92 Å². The molecule has 0 aliphatic rings. The summed E-state index contributed by atoms with van der Waals surface area (Å²) in [6, 6.07) is 0. The highest BCUT2D eigenvalue weighted by molar-refractivity contribution is 9.29. The zero-order valence-corrected chi connectivity index (χ0v) is 10.8. The molecule has 0 saturated carbocycles. The second-order valence-electron chi connectivity index (χ2n) is 1.44. The van der Waals surface area contributed by atoms with Crippen LogP contribution in [-0.2, 0) is 0 Å². The number of nitrogens with zero attached hydrogens (tertiary/aromatic N) is 1. The molecule has 0 saturated heterocycles. The third kappa shape index (κ3) is 3.46. The Morgan fingerprint density at radius 3 is 2.10 bits per heavy atom. The lowest BCUT2D eigenvalue weighted by atomic mass is 10.6. The molecule has 0 N–H and O–H groups in total. The number of thiocarbonyl (C=S) groups is 1. The van der Waals surface area contributed by atoms with Crippen molar-refractivity contribution in [2.45, 2.75) is 6.92 Å². The maximum atomic E-state index is 4.76. The predicted octanol–water partition coefficient (Wildman–Crippen LogP) is 3.58. The van der Waals surface area contributed by atoms with Gasteiger partial charge in [0.1, 0.15) is 4.61 Å². The lowest BCUT2D eigenvalue weighted by molar-refractivity contribution is 0.607. The summed E-state index contributed by atoms with van der Waals surface area (Å²) in [5, 5.41) is 0. The SMILES string of the molecule is CCN(C=S)C(Br)=C(Br)Br. The van der Waals surface area contributed by atoms with Gasteiger partial charge < -0.3 is 4.90 Å². The van der Waals surface area contributed by atoms with E-state index in [1.54, 1.807) is 5.49 Å². The second-order valence-corrected chi connectivity index (χ2v) is 5.05. The molecule has 0 atom stereocenters. The minimum absolute atomic E-state index is 0.852. The fourth-order valence-corrected chi connectivity index (χ4v) is 1.57. The molecule has 58 valence electrons. The van der Waals surface area contributed by atoms with E-state index in [0.29, 0.717) is 0 Å². The molecule has 0 radical (unpaired) electrons. The summed E-state index contributed by atoms with van der Waals surface area (Å²) in [6.07, 6.45) is 0. The molecule has 1 nitrogen and oxygen atoms in total. The average Bonchev–Trinajstić information content (AvgIpc) is 1.90. The molecule has 0 bridgehead atoms. The molecule has 0 amide bonds. The Hall–Kier alpha value is 1.07. The molecule has 0 aromatic heterocycles. The van der Waals surface area contributed by atoms with Crippen molar-refractivity contribution in [2.24, 2.45) is 0 Å². The van der Waals surface area contributed by atoms with E-state index in [9.17, 15) is 0 Å². The summed E-state index contributed by atoms with van der Waals surface area (Å²) in [4.78, 5) is 1.88. The maximum absolute atomic E-state index is 4.76. The molecule has 0 aromatic rings. The molecular formula is C5H6Br3NS. The van der Waals surface area contributed by atoms with Gasteiger partial charge >= 0.3 is 0 Å². The van der Waals surface area contributed by atoms with Crippen LogP contribution >= 0.6 is 60.0 Å². The number of rotatable bonds is 3. The van der Waals surface area contributed by atoms with Gasteiger partial charge in [0, 0.05) is 6.54 Å². The Morgan fingerprint density at radius 1 is 1.50 bits per heavy atom. The van der Waals surface area contributed by atoms with Crippen molar-refractivity contribution in [3.05, 3.63) is 8.00 Å². The van der Waals surface area contributed by atoms with E-state index in [-0.39, 0.29) is 0 Å². The van der Waals surface area contributed by atoms with E-state index in [0.717, 1.165) is 14.5 Å². The molecular weight excluding hydrogens is 346 g/mol. The van der Waals surface area contributed by atoms with Crippen LogP contribution in [0.25, 0.3) is 0 Å². The van der Waals surface area contributed by atoms with Gasteiger partial charge in [-0.2, -0.15) is 0 Å². The summed E-state index contributed by atoms with van der Waals surface area (Å²) < 4.78 is 1.77. The normalized spacial score (nSPS) is 8.80. The van der Waals surface area contributed by atoms with Gasteiger partial charge in [-0.3, -0.25) is 0 Å². The van der Waals surface area contributed by atoms with E-state index in [2.05, 4.69) is 47.8 Å². The molecule has 5 heteroatoms. The predicted molar refractivity (Wildman–Crippen MR) is 59.8 cm³/mol. The summed E-state index contributed by atoms with van der Waals surface area (Å²) in [5.74, 6) is 0. The van der Waals surface area contributed by atoms with Gasteiger partial charge in [-0.1, -0.05) is 12.2 Å². The van der Waals surface area contributed by atoms with Gasteiger partial charge in [-0.15, -0.1) is 0 Å². The number of halogens is 3. The van der Waals surface area contributed by atoms with Crippen LogP contribution in [0, 0.1) is 0 Å². The van der Waals surface area contributed by atoms with Gasteiger partial charge in [0.25, 0.3) is 0 Å². The molecule has 0 fully saturated rings. The van der Waals surface area contributed by atoms with Crippen LogP contribution in [0.5, 0.6) is 0 Å². The van der Waals surface area contributed by atoms with Gasteiger partial charge in [0.2, 0.25) is 0 Å². The van der Waals surface area contributed by atoms with Crippen molar-refractivity contribution in [1.82, 2.24) is 4.90 Å². The van der Waals surface area contributed by atoms with Crippen molar-refractivity contribution >= 4 is 65.5 Å². The first-order chi connectivity index (χ1) is 4.63. The molecule has 0 unspecified atom stereocenters. The van der Waals surface area contributed by atoms with Gasteiger partial charge in [-0.25, -0.2) is 0 Å². The van der Waals surface area contributed by atoms with Crippen LogP contribution in [0.15, 0.2) is 8.00 Å². The van der Waals surface area contributed by atoms with Gasteiger partial charge in [0.15, 0.2) is 0 Å². The third-order valence-corrected chi connectivity index (χ3v) is 3.80. The van der Waals surface area contributed by atoms with Gasteiger partial charge in [0.05, 0.1) is 8.88 Å². The Kier molecular flexibility index (Phi) is 6.29. The Bertz CT molecular complexity index is 153. The van der Waals surface area contributed by atoms with E-state index >= 15 is 0 Å². The molecule has 0 aliphatic carbocycles. The van der Waals surface area contributed by atoms with Gasteiger partial charge in [-0.05, 0) is 54.7 Å². The van der Waals surface area contributed by atoms with Crippen LogP contribution in [0.4, 0.5) is 0 Å². The first kappa shape index (κ1) is 11.1. The van der Waals surface area contributed by atoms with Crippen LogP contribution in [0.2, 0.25) is 0 Å². The van der Waals surface area contributed by atoms with Crippen molar-refractivity contribution in [2.75, 3.05) is 6.54 Å². The second kappa shape index (κ2) is 5.69. The van der Waals surface area contributed by atoms with Crippen LogP contribution in [0.3, 0.4) is 0 Å². The summed E-state index contributed by atoms with van der Waals surface area (Å²) >= 11 is 14.6. The van der Waals surface area contributed by atoms with Crippen molar-refractivity contribution in [3.8, 4) is 0 Å². The molecule has 0 rings (SSSR count). The third-order valence-electron chi connectivity index (χ3n) is 0.876. The molecule has 0 heterocycles. The largest absolute Gasteiger partial charge is 0.332 e. The zero-order valence-electron chi connectivity index (χ0n) is 5.27.